The van der Waals surface area contributed by atoms with Crippen molar-refractivity contribution in [3.8, 4) is 0 Å². The standard InChI is InChI=1S/C30H42O6/c1-27(2)11-12-30(26(34)36-6)10-8-19-24(20(30)16-27)22(32)14-23-28(19,3)9-7-17-13-21(31)18(25(33)35-5)15-29(17,23)4/h14,17-20,24H,7-13,15-16H2,1-6H3. The maximum Gasteiger partial charge on any atom is 0.316 e. The van der Waals surface area contributed by atoms with Crippen LogP contribution in [0.15, 0.2) is 11.6 Å². The van der Waals surface area contributed by atoms with Gasteiger partial charge < -0.3 is 9.47 Å². The van der Waals surface area contributed by atoms with Crippen LogP contribution in [0.3, 0.4) is 0 Å². The molecule has 5 aliphatic rings. The van der Waals surface area contributed by atoms with Crippen molar-refractivity contribution in [2.75, 3.05) is 14.2 Å². The number of methoxy groups -OCH3 is 2. The number of carbonyl (C=O) groups excluding carboxylic acids is 4. The minimum absolute atomic E-state index is 0.0177. The first-order chi connectivity index (χ1) is 16.8. The summed E-state index contributed by atoms with van der Waals surface area (Å²) in [5, 5.41) is 0. The molecule has 4 fully saturated rings. The Hall–Kier alpha value is -1.98. The number of carbonyl (C=O) groups is 4. The summed E-state index contributed by atoms with van der Waals surface area (Å²) in [6.07, 6.45) is 8.73. The van der Waals surface area contributed by atoms with Crippen LogP contribution in [0, 0.1) is 51.2 Å². The van der Waals surface area contributed by atoms with Crippen molar-refractivity contribution in [2.45, 2.75) is 85.5 Å². The average Bonchev–Trinajstić information content (AvgIpc) is 2.84. The Morgan fingerprint density at radius 1 is 0.861 bits per heavy atom. The fourth-order valence-corrected chi connectivity index (χ4v) is 9.60. The van der Waals surface area contributed by atoms with E-state index in [2.05, 4.69) is 27.7 Å². The normalized spacial score (nSPS) is 45.3. The molecule has 0 radical (unpaired) electrons. The molecular formula is C30H42O6. The molecule has 0 aromatic rings. The van der Waals surface area contributed by atoms with Gasteiger partial charge in [0.1, 0.15) is 11.7 Å². The highest BCUT2D eigenvalue weighted by Crippen LogP contribution is 2.69. The number of hydrogen-bond donors (Lipinski definition) is 0. The minimum Gasteiger partial charge on any atom is -0.469 e. The smallest absolute Gasteiger partial charge is 0.316 e. The lowest BCUT2D eigenvalue weighted by molar-refractivity contribution is -0.178. The van der Waals surface area contributed by atoms with Gasteiger partial charge in [-0.2, -0.15) is 0 Å². The number of fused-ring (bicyclic) bond motifs is 7. The molecular weight excluding hydrogens is 456 g/mol. The van der Waals surface area contributed by atoms with Crippen molar-refractivity contribution in [2.24, 2.45) is 51.2 Å². The zero-order valence-corrected chi connectivity index (χ0v) is 22.8. The van der Waals surface area contributed by atoms with Gasteiger partial charge in [0, 0.05) is 12.3 Å². The van der Waals surface area contributed by atoms with Crippen molar-refractivity contribution < 1.29 is 28.7 Å². The number of ketones is 2. The van der Waals surface area contributed by atoms with Crippen molar-refractivity contribution in [1.29, 1.82) is 0 Å². The van der Waals surface area contributed by atoms with E-state index in [9.17, 15) is 19.2 Å². The Kier molecular flexibility index (Phi) is 5.89. The SMILES string of the molecule is COC(=O)C1CC2(C)C3=CC(=O)C4C(CCC5(C(=O)OC)CCC(C)(C)CC45)C3(C)CCC2CC1=O. The molecule has 0 aromatic heterocycles. The minimum atomic E-state index is -0.759. The fourth-order valence-electron chi connectivity index (χ4n) is 9.60. The van der Waals surface area contributed by atoms with Crippen LogP contribution >= 0.6 is 0 Å². The third-order valence-corrected chi connectivity index (χ3v) is 11.6. The van der Waals surface area contributed by atoms with E-state index in [-0.39, 0.29) is 57.5 Å². The zero-order valence-electron chi connectivity index (χ0n) is 22.8. The second-order valence-electron chi connectivity index (χ2n) is 13.8. The Bertz CT molecular complexity index is 1040. The number of Topliss-reactive ketones (excluding diaryl/α,β-unsaturated/α-hetero) is 1. The maximum absolute atomic E-state index is 14.1. The second-order valence-corrected chi connectivity index (χ2v) is 13.8. The highest BCUT2D eigenvalue weighted by Gasteiger charge is 2.66. The molecule has 0 aliphatic heterocycles. The molecule has 198 valence electrons. The Morgan fingerprint density at radius 2 is 1.58 bits per heavy atom. The predicted octanol–water partition coefficient (Wildman–Crippen LogP) is 5.08. The van der Waals surface area contributed by atoms with E-state index in [4.69, 9.17) is 9.47 Å². The van der Waals surface area contributed by atoms with E-state index < -0.39 is 17.3 Å². The zero-order chi connectivity index (χ0) is 26.3. The van der Waals surface area contributed by atoms with Crippen molar-refractivity contribution in [3.05, 3.63) is 11.6 Å². The van der Waals surface area contributed by atoms with E-state index in [0.29, 0.717) is 12.8 Å². The molecule has 0 amide bonds. The molecule has 5 rings (SSSR count). The number of hydrogen-bond acceptors (Lipinski definition) is 6. The van der Waals surface area contributed by atoms with Gasteiger partial charge in [-0.1, -0.05) is 33.3 Å². The van der Waals surface area contributed by atoms with Gasteiger partial charge in [-0.25, -0.2) is 0 Å². The van der Waals surface area contributed by atoms with Gasteiger partial charge in [0.2, 0.25) is 0 Å². The second kappa shape index (κ2) is 8.26. The van der Waals surface area contributed by atoms with E-state index in [0.717, 1.165) is 50.5 Å². The van der Waals surface area contributed by atoms with Gasteiger partial charge >= 0.3 is 11.9 Å². The van der Waals surface area contributed by atoms with Crippen molar-refractivity contribution in [3.63, 3.8) is 0 Å². The summed E-state index contributed by atoms with van der Waals surface area (Å²) in [5.74, 6) is -1.16. The molecule has 0 N–H and O–H groups in total. The predicted molar refractivity (Wildman–Crippen MR) is 134 cm³/mol. The molecule has 0 heterocycles. The molecule has 0 bridgehead atoms. The monoisotopic (exact) mass is 498 g/mol. The van der Waals surface area contributed by atoms with Crippen LogP contribution in [0.5, 0.6) is 0 Å². The Labute approximate surface area is 214 Å². The molecule has 0 saturated heterocycles. The summed E-state index contributed by atoms with van der Waals surface area (Å²) in [4.78, 5) is 52.7. The Morgan fingerprint density at radius 3 is 2.25 bits per heavy atom. The van der Waals surface area contributed by atoms with Crippen LogP contribution < -0.4 is 0 Å². The Balaban J connectivity index is 1.58. The number of ether oxygens (including phenoxy) is 2. The summed E-state index contributed by atoms with van der Waals surface area (Å²) in [7, 11) is 2.82. The van der Waals surface area contributed by atoms with Crippen LogP contribution in [-0.2, 0) is 28.7 Å². The molecule has 6 heteroatoms. The molecule has 36 heavy (non-hydrogen) atoms. The van der Waals surface area contributed by atoms with Crippen LogP contribution in [-0.4, -0.2) is 37.7 Å². The van der Waals surface area contributed by atoms with Gasteiger partial charge in [0.15, 0.2) is 5.78 Å². The topological polar surface area (TPSA) is 86.7 Å². The first kappa shape index (κ1) is 25.7. The average molecular weight is 499 g/mol. The van der Waals surface area contributed by atoms with Crippen molar-refractivity contribution in [1.82, 2.24) is 0 Å². The highest BCUT2D eigenvalue weighted by molar-refractivity contribution is 6.00. The van der Waals surface area contributed by atoms with Crippen LogP contribution in [0.1, 0.15) is 85.5 Å². The molecule has 0 spiro atoms. The summed E-state index contributed by atoms with van der Waals surface area (Å²) in [6.45, 7) is 8.99. The lowest BCUT2D eigenvalue weighted by Gasteiger charge is -2.64. The third-order valence-electron chi connectivity index (χ3n) is 11.6. The largest absolute Gasteiger partial charge is 0.469 e. The molecule has 8 atom stereocenters. The van der Waals surface area contributed by atoms with Crippen LogP contribution in [0.2, 0.25) is 0 Å². The van der Waals surface area contributed by atoms with Gasteiger partial charge in [-0.15, -0.1) is 0 Å². The quantitative estimate of drug-likeness (QED) is 0.390. The molecule has 6 nitrogen and oxygen atoms in total. The lowest BCUT2D eigenvalue weighted by atomic mass is 9.39. The lowest BCUT2D eigenvalue weighted by Crippen LogP contribution is -2.61. The number of esters is 2. The van der Waals surface area contributed by atoms with E-state index >= 15 is 0 Å². The van der Waals surface area contributed by atoms with Crippen molar-refractivity contribution >= 4 is 23.5 Å². The van der Waals surface area contributed by atoms with Gasteiger partial charge in [-0.3, -0.25) is 19.2 Å². The van der Waals surface area contributed by atoms with Gasteiger partial charge in [-0.05, 0) is 91.4 Å². The fraction of sp³-hybridized carbons (Fsp3) is 0.800. The van der Waals surface area contributed by atoms with Gasteiger partial charge in [0.25, 0.3) is 0 Å². The van der Waals surface area contributed by atoms with Gasteiger partial charge in [0.05, 0.1) is 19.6 Å². The third kappa shape index (κ3) is 3.41. The summed E-state index contributed by atoms with van der Waals surface area (Å²) in [5.41, 5.74) is 0.0743. The summed E-state index contributed by atoms with van der Waals surface area (Å²) in [6, 6.07) is 0. The maximum atomic E-state index is 14.1. The summed E-state index contributed by atoms with van der Waals surface area (Å²) < 4.78 is 10.4. The highest BCUT2D eigenvalue weighted by atomic mass is 16.5. The van der Waals surface area contributed by atoms with E-state index in [1.165, 1.54) is 14.2 Å². The summed E-state index contributed by atoms with van der Waals surface area (Å²) >= 11 is 0. The number of allylic oxidation sites excluding steroid dienone is 2. The van der Waals surface area contributed by atoms with Crippen LogP contribution in [0.25, 0.3) is 0 Å². The molecule has 8 unspecified atom stereocenters. The number of rotatable bonds is 2. The van der Waals surface area contributed by atoms with E-state index in [1.807, 2.05) is 6.08 Å². The van der Waals surface area contributed by atoms with Crippen LogP contribution in [0.4, 0.5) is 0 Å². The molecule has 5 aliphatic carbocycles. The molecule has 4 saturated carbocycles. The van der Waals surface area contributed by atoms with E-state index in [1.54, 1.807) is 0 Å². The molecule has 0 aromatic carbocycles. The first-order valence-corrected chi connectivity index (χ1v) is 13.8. The first-order valence-electron chi connectivity index (χ1n) is 13.8.